The second kappa shape index (κ2) is 9.88. The van der Waals surface area contributed by atoms with Crippen LogP contribution in [0.2, 0.25) is 0 Å². The molecule has 3 aromatic rings. The highest BCUT2D eigenvalue weighted by Gasteiger charge is 2.20. The summed E-state index contributed by atoms with van der Waals surface area (Å²) < 4.78 is 5.19. The highest BCUT2D eigenvalue weighted by atomic mass is 32.1. The van der Waals surface area contributed by atoms with Crippen molar-refractivity contribution in [2.45, 2.75) is 18.8 Å². The normalized spacial score (nSPS) is 12.1. The fourth-order valence-electron chi connectivity index (χ4n) is 3.13. The second-order valence-electron chi connectivity index (χ2n) is 6.47. The lowest BCUT2D eigenvalue weighted by molar-refractivity contribution is -0.129. The van der Waals surface area contributed by atoms with Crippen molar-refractivity contribution in [1.82, 2.24) is 5.48 Å². The zero-order valence-corrected chi connectivity index (χ0v) is 16.5. The van der Waals surface area contributed by atoms with Crippen molar-refractivity contribution in [3.05, 3.63) is 87.6 Å². The molecule has 3 rings (SSSR count). The minimum Gasteiger partial charge on any atom is -0.497 e. The summed E-state index contributed by atoms with van der Waals surface area (Å²) in [6.45, 7) is 0. The maximum absolute atomic E-state index is 11.9. The first-order valence-electron chi connectivity index (χ1n) is 9.06. The molecule has 0 aliphatic carbocycles. The van der Waals surface area contributed by atoms with E-state index in [2.05, 4.69) is 30.4 Å². The third kappa shape index (κ3) is 5.31. The van der Waals surface area contributed by atoms with Crippen LogP contribution >= 0.6 is 11.3 Å². The number of amides is 1. The predicted molar refractivity (Wildman–Crippen MR) is 114 cm³/mol. The number of carbonyl (C=O) groups excluding carboxylic acids is 1. The van der Waals surface area contributed by atoms with Crippen LogP contribution in [0.25, 0.3) is 12.2 Å². The van der Waals surface area contributed by atoms with Crippen LogP contribution in [0.5, 0.6) is 5.75 Å². The lowest BCUT2D eigenvalue weighted by atomic mass is 9.92. The van der Waals surface area contributed by atoms with Gasteiger partial charge in [0.25, 0.3) is 0 Å². The number of hydrogen-bond donors (Lipinski definition) is 2. The molecule has 0 aliphatic heterocycles. The van der Waals surface area contributed by atoms with Gasteiger partial charge in [0.1, 0.15) is 5.75 Å². The number of rotatable bonds is 8. The van der Waals surface area contributed by atoms with E-state index in [4.69, 9.17) is 9.94 Å². The number of benzene rings is 2. The summed E-state index contributed by atoms with van der Waals surface area (Å²) in [5.74, 6) is 0.441. The van der Waals surface area contributed by atoms with E-state index in [1.54, 1.807) is 23.9 Å². The highest BCUT2D eigenvalue weighted by molar-refractivity contribution is 7.10. The van der Waals surface area contributed by atoms with Gasteiger partial charge in [-0.3, -0.25) is 10.0 Å². The third-order valence-electron chi connectivity index (χ3n) is 4.55. The average Bonchev–Trinajstić information content (AvgIpc) is 3.21. The lowest BCUT2D eigenvalue weighted by Crippen LogP contribution is -2.22. The smallest absolute Gasteiger partial charge is 0.243 e. The Labute approximate surface area is 169 Å². The third-order valence-corrected chi connectivity index (χ3v) is 5.65. The molecular weight excluding hydrogens is 370 g/mol. The van der Waals surface area contributed by atoms with Gasteiger partial charge in [0.2, 0.25) is 5.91 Å². The van der Waals surface area contributed by atoms with Crippen molar-refractivity contribution in [3.63, 3.8) is 0 Å². The minimum atomic E-state index is -0.376. The maximum atomic E-state index is 11.9. The Morgan fingerprint density at radius 3 is 2.54 bits per heavy atom. The molecule has 28 heavy (non-hydrogen) atoms. The molecule has 0 aliphatic rings. The van der Waals surface area contributed by atoms with E-state index in [1.807, 2.05) is 47.8 Å². The summed E-state index contributed by atoms with van der Waals surface area (Å²) in [6, 6.07) is 20.0. The Morgan fingerprint density at radius 2 is 1.86 bits per heavy atom. The minimum absolute atomic E-state index is 0.00920. The van der Waals surface area contributed by atoms with Gasteiger partial charge in [-0.05, 0) is 46.7 Å². The van der Waals surface area contributed by atoms with Crippen LogP contribution < -0.4 is 10.2 Å². The van der Waals surface area contributed by atoms with Crippen molar-refractivity contribution >= 4 is 29.4 Å². The molecule has 1 aromatic heterocycles. The molecule has 1 unspecified atom stereocenters. The van der Waals surface area contributed by atoms with Crippen molar-refractivity contribution in [3.8, 4) is 5.75 Å². The zero-order chi connectivity index (χ0) is 19.8. The van der Waals surface area contributed by atoms with E-state index in [1.165, 1.54) is 0 Å². The monoisotopic (exact) mass is 393 g/mol. The first-order valence-corrected chi connectivity index (χ1v) is 9.94. The van der Waals surface area contributed by atoms with Gasteiger partial charge in [0.05, 0.1) is 7.11 Å². The van der Waals surface area contributed by atoms with E-state index in [0.29, 0.717) is 0 Å². The molecule has 2 aromatic carbocycles. The Hall–Kier alpha value is -2.89. The van der Waals surface area contributed by atoms with Gasteiger partial charge >= 0.3 is 0 Å². The second-order valence-corrected chi connectivity index (χ2v) is 7.42. The Bertz CT molecular complexity index is 917. The van der Waals surface area contributed by atoms with Crippen LogP contribution in [0, 0.1) is 0 Å². The van der Waals surface area contributed by atoms with Gasteiger partial charge < -0.3 is 4.74 Å². The van der Waals surface area contributed by atoms with Crippen LogP contribution in [0.4, 0.5) is 0 Å². The SMILES string of the molecule is COc1ccc(C=Cc2ccsc2C(CC(=O)NO)Cc2ccccc2)cc1. The summed E-state index contributed by atoms with van der Waals surface area (Å²) in [5.41, 5.74) is 5.10. The topological polar surface area (TPSA) is 58.6 Å². The summed E-state index contributed by atoms with van der Waals surface area (Å²) in [6.07, 6.45) is 5.09. The van der Waals surface area contributed by atoms with Crippen molar-refractivity contribution in [2.24, 2.45) is 0 Å². The standard InChI is InChI=1S/C23H23NO3S/c1-27-21-11-8-17(9-12-21)7-10-19-13-14-28-23(19)20(16-22(25)24-26)15-18-5-3-2-4-6-18/h2-14,20,26H,15-16H2,1H3,(H,24,25). The molecule has 1 amide bonds. The molecule has 1 atom stereocenters. The van der Waals surface area contributed by atoms with E-state index < -0.39 is 0 Å². The summed E-state index contributed by atoms with van der Waals surface area (Å²) in [4.78, 5) is 13.0. The fraction of sp³-hybridized carbons (Fsp3) is 0.174. The first kappa shape index (κ1) is 19.9. The fourth-order valence-corrected chi connectivity index (χ4v) is 4.12. The van der Waals surface area contributed by atoms with Gasteiger partial charge in [-0.1, -0.05) is 54.6 Å². The maximum Gasteiger partial charge on any atom is 0.243 e. The molecule has 0 saturated carbocycles. The molecule has 1 heterocycles. The summed E-state index contributed by atoms with van der Waals surface area (Å²) in [7, 11) is 1.65. The van der Waals surface area contributed by atoms with Gasteiger partial charge in [0, 0.05) is 17.2 Å². The largest absolute Gasteiger partial charge is 0.497 e. The van der Waals surface area contributed by atoms with Gasteiger partial charge in [0.15, 0.2) is 0 Å². The van der Waals surface area contributed by atoms with E-state index in [-0.39, 0.29) is 18.2 Å². The zero-order valence-electron chi connectivity index (χ0n) is 15.7. The van der Waals surface area contributed by atoms with Crippen LogP contribution in [0.3, 0.4) is 0 Å². The lowest BCUT2D eigenvalue weighted by Gasteiger charge is -2.16. The molecule has 5 heteroatoms. The van der Waals surface area contributed by atoms with Crippen LogP contribution in [0.15, 0.2) is 66.0 Å². The van der Waals surface area contributed by atoms with Crippen molar-refractivity contribution in [1.29, 1.82) is 0 Å². The van der Waals surface area contributed by atoms with E-state index in [0.717, 1.165) is 33.7 Å². The Kier molecular flexibility index (Phi) is 7.00. The van der Waals surface area contributed by atoms with E-state index >= 15 is 0 Å². The highest BCUT2D eigenvalue weighted by Crippen LogP contribution is 2.33. The molecular formula is C23H23NO3S. The molecule has 2 N–H and O–H groups in total. The molecule has 0 saturated heterocycles. The average molecular weight is 394 g/mol. The Balaban J connectivity index is 1.83. The number of hydrogen-bond acceptors (Lipinski definition) is 4. The molecule has 144 valence electrons. The number of hydroxylamine groups is 1. The molecule has 0 spiro atoms. The van der Waals surface area contributed by atoms with Crippen LogP contribution in [-0.4, -0.2) is 18.2 Å². The quantitative estimate of drug-likeness (QED) is 0.411. The van der Waals surface area contributed by atoms with Crippen molar-refractivity contribution < 1.29 is 14.7 Å². The number of methoxy groups -OCH3 is 1. The first-order chi connectivity index (χ1) is 13.7. The van der Waals surface area contributed by atoms with Gasteiger partial charge in [-0.15, -0.1) is 11.3 Å². The van der Waals surface area contributed by atoms with Crippen molar-refractivity contribution in [2.75, 3.05) is 7.11 Å². The predicted octanol–water partition coefficient (Wildman–Crippen LogP) is 5.15. The molecule has 0 bridgehead atoms. The number of thiophene rings is 1. The van der Waals surface area contributed by atoms with Crippen LogP contribution in [0.1, 0.15) is 33.9 Å². The van der Waals surface area contributed by atoms with Crippen LogP contribution in [-0.2, 0) is 11.2 Å². The Morgan fingerprint density at radius 1 is 1.11 bits per heavy atom. The molecule has 4 nitrogen and oxygen atoms in total. The summed E-state index contributed by atoms with van der Waals surface area (Å²) in [5, 5.41) is 11.0. The van der Waals surface area contributed by atoms with Gasteiger partial charge in [-0.25, -0.2) is 5.48 Å². The van der Waals surface area contributed by atoms with E-state index in [9.17, 15) is 4.79 Å². The number of nitrogens with one attached hydrogen (secondary N) is 1. The molecule has 0 fully saturated rings. The molecule has 0 radical (unpaired) electrons. The summed E-state index contributed by atoms with van der Waals surface area (Å²) >= 11 is 1.64. The number of carbonyl (C=O) groups is 1. The number of ether oxygens (including phenoxy) is 1. The van der Waals surface area contributed by atoms with Gasteiger partial charge in [-0.2, -0.15) is 0 Å².